The Morgan fingerprint density at radius 3 is 2.70 bits per heavy atom. The van der Waals surface area contributed by atoms with Gasteiger partial charge in [-0.1, -0.05) is 35.0 Å². The minimum Gasteiger partial charge on any atom is -0.396 e. The Kier molecular flexibility index (Phi) is 7.72. The fourth-order valence-electron chi connectivity index (χ4n) is 2.94. The van der Waals surface area contributed by atoms with Crippen LogP contribution in [0, 0.1) is 0 Å². The second-order valence-electron chi connectivity index (χ2n) is 6.46. The van der Waals surface area contributed by atoms with Gasteiger partial charge in [-0.15, -0.1) is 5.10 Å². The van der Waals surface area contributed by atoms with Crippen molar-refractivity contribution in [3.05, 3.63) is 71.0 Å². The molecule has 0 aliphatic heterocycles. The number of nitrogens with zero attached hydrogens (tertiary/aromatic N) is 3. The highest BCUT2D eigenvalue weighted by atomic mass is 35.5. The second kappa shape index (κ2) is 10.7. The first-order valence-corrected chi connectivity index (χ1v) is 9.68. The lowest BCUT2D eigenvalue weighted by Crippen LogP contribution is -2.44. The summed E-state index contributed by atoms with van der Waals surface area (Å²) in [4.78, 5) is 23.5. The normalized spacial score (nSPS) is 11.7. The van der Waals surface area contributed by atoms with Crippen molar-refractivity contribution in [2.75, 3.05) is 11.9 Å². The maximum Gasteiger partial charge on any atom is 0.291 e. The molecule has 30 heavy (non-hydrogen) atoms. The number of nitrogens with one attached hydrogen (secondary N) is 2. The van der Waals surface area contributed by atoms with E-state index in [0.29, 0.717) is 29.7 Å². The van der Waals surface area contributed by atoms with E-state index in [2.05, 4.69) is 20.9 Å². The summed E-state index contributed by atoms with van der Waals surface area (Å²) in [6.07, 6.45) is 2.94. The Hall–Kier alpha value is -3.01. The summed E-state index contributed by atoms with van der Waals surface area (Å²) in [5.74, 6) is -0.303. The lowest BCUT2D eigenvalue weighted by atomic mass is 9.93. The van der Waals surface area contributed by atoms with Crippen LogP contribution in [0.3, 0.4) is 0 Å². The highest BCUT2D eigenvalue weighted by Gasteiger charge is 2.20. The van der Waals surface area contributed by atoms with Crippen LogP contribution in [0.25, 0.3) is 5.69 Å². The molecule has 0 saturated carbocycles. The number of hydrogen-bond acceptors (Lipinski definition) is 6. The summed E-state index contributed by atoms with van der Waals surface area (Å²) in [5.41, 5.74) is 2.92. The van der Waals surface area contributed by atoms with Gasteiger partial charge in [-0.05, 0) is 42.3 Å². The van der Waals surface area contributed by atoms with Crippen molar-refractivity contribution in [2.45, 2.75) is 18.9 Å². The number of hydrogen-bond donors (Lipinski definition) is 3. The molecule has 3 rings (SSSR count). The smallest absolute Gasteiger partial charge is 0.291 e. The van der Waals surface area contributed by atoms with Gasteiger partial charge in [-0.25, -0.2) is 4.68 Å². The van der Waals surface area contributed by atoms with Crippen LogP contribution in [-0.2, 0) is 22.4 Å². The number of halogens is 1. The average molecular weight is 425 g/mol. The molecular weight excluding hydrogens is 405 g/mol. The summed E-state index contributed by atoms with van der Waals surface area (Å²) < 4.78 is 1.63. The highest BCUT2D eigenvalue weighted by Crippen LogP contribution is 2.18. The molecule has 1 amide bonds. The Labute approximate surface area is 179 Å². The third kappa shape index (κ3) is 5.53. The van der Waals surface area contributed by atoms with Gasteiger partial charge in [0.05, 0.1) is 29.8 Å². The molecule has 1 aromatic heterocycles. The summed E-state index contributed by atoms with van der Waals surface area (Å²) in [6.45, 7) is -0.000853. The molecule has 0 fully saturated rings. The molecule has 3 N–H and O–H groups in total. The summed E-state index contributed by atoms with van der Waals surface area (Å²) >= 11 is 6.20. The summed E-state index contributed by atoms with van der Waals surface area (Å²) in [5, 5.41) is 23.2. The van der Waals surface area contributed by atoms with Crippen LogP contribution >= 0.6 is 11.6 Å². The predicted molar refractivity (Wildman–Crippen MR) is 115 cm³/mol. The van der Waals surface area contributed by atoms with Gasteiger partial charge in [0.25, 0.3) is 7.41 Å². The van der Waals surface area contributed by atoms with Gasteiger partial charge in [0.1, 0.15) is 0 Å². The van der Waals surface area contributed by atoms with Crippen molar-refractivity contribution in [1.82, 2.24) is 20.2 Å². The van der Waals surface area contributed by atoms with E-state index in [4.69, 9.17) is 16.7 Å². The fraction of sp³-hybridized carbons (Fsp3) is 0.200. The number of aliphatic hydroxyl groups excluding tert-OH is 1. The molecule has 2 aromatic carbocycles. The second-order valence-corrected chi connectivity index (χ2v) is 6.87. The first kappa shape index (κ1) is 21.7. The standard InChI is InChI=1S/C20H20BClN5O3/c22-18-4-2-1-3-14(18)11-19(25-21-13-29)20(30)24-15-5-7-16(8-6-15)27-17(9-10-28)12-23-26-27/h1-8,12-13,19,25,28H,9-11H2,(H,24,30)/t19-/m0/s1. The quantitative estimate of drug-likeness (QED) is 0.335. The van der Waals surface area contributed by atoms with Crippen molar-refractivity contribution in [1.29, 1.82) is 0 Å². The zero-order chi connectivity index (χ0) is 21.3. The van der Waals surface area contributed by atoms with Gasteiger partial charge in [0, 0.05) is 23.7 Å². The van der Waals surface area contributed by atoms with Crippen LogP contribution in [0.1, 0.15) is 11.3 Å². The molecule has 0 aliphatic carbocycles. The number of benzene rings is 2. The summed E-state index contributed by atoms with van der Waals surface area (Å²) in [7, 11) is 1.19. The molecule has 153 valence electrons. The van der Waals surface area contributed by atoms with Crippen molar-refractivity contribution in [3.8, 4) is 5.69 Å². The lowest BCUT2D eigenvalue weighted by Gasteiger charge is -2.18. The van der Waals surface area contributed by atoms with Crippen molar-refractivity contribution < 1.29 is 14.7 Å². The summed E-state index contributed by atoms with van der Waals surface area (Å²) in [6, 6.07) is 13.6. The zero-order valence-corrected chi connectivity index (χ0v) is 16.8. The maximum absolute atomic E-state index is 12.8. The average Bonchev–Trinajstić information content (AvgIpc) is 3.21. The van der Waals surface area contributed by atoms with E-state index in [1.54, 1.807) is 41.2 Å². The van der Waals surface area contributed by atoms with Gasteiger partial charge in [0.2, 0.25) is 5.91 Å². The number of aromatic nitrogens is 3. The van der Waals surface area contributed by atoms with Gasteiger partial charge < -0.3 is 20.4 Å². The minimum atomic E-state index is -0.679. The lowest BCUT2D eigenvalue weighted by molar-refractivity contribution is -0.117. The van der Waals surface area contributed by atoms with E-state index in [-0.39, 0.29) is 12.5 Å². The number of aliphatic hydroxyl groups is 1. The highest BCUT2D eigenvalue weighted by molar-refractivity contribution is 6.64. The number of carbonyl (C=O) groups excluding carboxylic acids is 2. The first-order valence-electron chi connectivity index (χ1n) is 9.30. The van der Waals surface area contributed by atoms with Gasteiger partial charge in [0.15, 0.2) is 0 Å². The molecule has 1 atom stereocenters. The van der Waals surface area contributed by atoms with Gasteiger partial charge >= 0.3 is 0 Å². The van der Waals surface area contributed by atoms with Crippen molar-refractivity contribution >= 4 is 36.8 Å². The molecule has 8 nitrogen and oxygen atoms in total. The van der Waals surface area contributed by atoms with Gasteiger partial charge in [-0.3, -0.25) is 4.79 Å². The molecule has 0 aliphatic rings. The SMILES string of the molecule is O=C[B]N[C@@H](Cc1ccccc1Cl)C(=O)Nc1ccc(-n2nncc2CCO)cc1. The molecule has 0 spiro atoms. The monoisotopic (exact) mass is 424 g/mol. The van der Waals surface area contributed by atoms with E-state index in [1.807, 2.05) is 18.2 Å². The maximum atomic E-state index is 12.8. The van der Waals surface area contributed by atoms with Crippen LogP contribution in [0.4, 0.5) is 5.69 Å². The van der Waals surface area contributed by atoms with E-state index in [0.717, 1.165) is 16.9 Å². The third-order valence-corrected chi connectivity index (χ3v) is 4.80. The molecule has 0 unspecified atom stereocenters. The Morgan fingerprint density at radius 1 is 1.23 bits per heavy atom. The Balaban J connectivity index is 1.71. The number of carbonyl (C=O) groups is 2. The fourth-order valence-corrected chi connectivity index (χ4v) is 3.15. The number of rotatable bonds is 10. The van der Waals surface area contributed by atoms with E-state index < -0.39 is 6.04 Å². The molecule has 3 aromatic rings. The topological polar surface area (TPSA) is 109 Å². The molecular formula is C20H20BClN5O3. The largest absolute Gasteiger partial charge is 0.396 e. The Morgan fingerprint density at radius 2 is 2.00 bits per heavy atom. The van der Waals surface area contributed by atoms with E-state index in [9.17, 15) is 9.59 Å². The number of anilines is 1. The van der Waals surface area contributed by atoms with Crippen molar-refractivity contribution in [2.24, 2.45) is 0 Å². The number of amides is 1. The van der Waals surface area contributed by atoms with Crippen LogP contribution in [-0.4, -0.2) is 52.3 Å². The Bertz CT molecular complexity index is 996. The molecule has 0 bridgehead atoms. The van der Waals surface area contributed by atoms with Crippen molar-refractivity contribution in [3.63, 3.8) is 0 Å². The first-order chi connectivity index (χ1) is 14.6. The van der Waals surface area contributed by atoms with Crippen LogP contribution < -0.4 is 10.5 Å². The zero-order valence-electron chi connectivity index (χ0n) is 16.0. The van der Waals surface area contributed by atoms with Crippen LogP contribution in [0.15, 0.2) is 54.7 Å². The predicted octanol–water partition coefficient (Wildman–Crippen LogP) is 1.40. The molecule has 10 heteroatoms. The third-order valence-electron chi connectivity index (χ3n) is 4.43. The molecule has 1 heterocycles. The molecule has 1 radical (unpaired) electrons. The van der Waals surface area contributed by atoms with Crippen LogP contribution in [0.2, 0.25) is 5.02 Å². The van der Waals surface area contributed by atoms with Crippen LogP contribution in [0.5, 0.6) is 0 Å². The van der Waals surface area contributed by atoms with E-state index >= 15 is 0 Å². The van der Waals surface area contributed by atoms with Gasteiger partial charge in [-0.2, -0.15) is 0 Å². The van der Waals surface area contributed by atoms with E-state index in [1.165, 1.54) is 7.41 Å². The minimum absolute atomic E-state index is 0.000853. The molecule has 0 saturated heterocycles.